The molecule has 0 spiro atoms. The molecule has 0 saturated carbocycles. The Balaban J connectivity index is 1.53. The molecule has 0 atom stereocenters. The van der Waals surface area contributed by atoms with Crippen molar-refractivity contribution >= 4 is 5.69 Å². The van der Waals surface area contributed by atoms with Crippen molar-refractivity contribution in [3.8, 4) is 0 Å². The molecule has 0 aromatic carbocycles. The first-order valence-corrected chi connectivity index (χ1v) is 8.77. The lowest BCUT2D eigenvalue weighted by atomic mass is 10.0. The molecular weight excluding hydrogens is 272 g/mol. The van der Waals surface area contributed by atoms with Crippen LogP contribution in [0.5, 0.6) is 0 Å². The summed E-state index contributed by atoms with van der Waals surface area (Å²) in [6.07, 6.45) is 4.73. The van der Waals surface area contributed by atoms with Gasteiger partial charge in [-0.05, 0) is 51.0 Å². The first-order chi connectivity index (χ1) is 10.6. The van der Waals surface area contributed by atoms with E-state index < -0.39 is 0 Å². The number of piperazine rings is 1. The Morgan fingerprint density at radius 1 is 1.00 bits per heavy atom. The number of rotatable bonds is 3. The number of aromatic nitrogens is 1. The van der Waals surface area contributed by atoms with Crippen molar-refractivity contribution in [1.82, 2.24) is 14.8 Å². The average Bonchev–Trinajstić information content (AvgIpc) is 2.56. The largest absolute Gasteiger partial charge is 0.368 e. The van der Waals surface area contributed by atoms with E-state index in [1.807, 2.05) is 0 Å². The van der Waals surface area contributed by atoms with Gasteiger partial charge in [-0.15, -0.1) is 0 Å². The topological polar surface area (TPSA) is 22.6 Å². The minimum Gasteiger partial charge on any atom is -0.368 e. The summed E-state index contributed by atoms with van der Waals surface area (Å²) in [6.45, 7) is 11.6. The summed E-state index contributed by atoms with van der Waals surface area (Å²) in [7, 11) is 2.24. The van der Waals surface area contributed by atoms with Crippen molar-refractivity contribution in [2.45, 2.75) is 38.6 Å². The summed E-state index contributed by atoms with van der Waals surface area (Å²) in [4.78, 5) is 12.3. The summed E-state index contributed by atoms with van der Waals surface area (Å²) >= 11 is 0. The minimum atomic E-state index is 0.510. The van der Waals surface area contributed by atoms with Crippen molar-refractivity contribution in [1.29, 1.82) is 0 Å². The number of likely N-dealkylation sites (tertiary alicyclic amines) is 1. The van der Waals surface area contributed by atoms with Gasteiger partial charge in [-0.25, -0.2) is 0 Å². The molecule has 0 radical (unpaired) electrons. The molecule has 2 aliphatic heterocycles. The summed E-state index contributed by atoms with van der Waals surface area (Å²) in [6, 6.07) is 5.23. The lowest BCUT2D eigenvalue weighted by molar-refractivity contribution is 0.115. The van der Waals surface area contributed by atoms with E-state index in [0.29, 0.717) is 5.92 Å². The summed E-state index contributed by atoms with van der Waals surface area (Å²) < 4.78 is 0. The molecule has 1 aromatic rings. The Labute approximate surface area is 135 Å². The van der Waals surface area contributed by atoms with Gasteiger partial charge in [-0.2, -0.15) is 0 Å². The second-order valence-corrected chi connectivity index (χ2v) is 7.15. The molecule has 22 heavy (non-hydrogen) atoms. The van der Waals surface area contributed by atoms with Gasteiger partial charge in [0.05, 0.1) is 11.9 Å². The number of pyridine rings is 1. The molecule has 4 nitrogen and oxygen atoms in total. The summed E-state index contributed by atoms with van der Waals surface area (Å²) in [5.74, 6) is 0.510. The van der Waals surface area contributed by atoms with E-state index in [2.05, 4.69) is 58.9 Å². The molecule has 2 fully saturated rings. The van der Waals surface area contributed by atoms with E-state index in [-0.39, 0.29) is 0 Å². The first-order valence-electron chi connectivity index (χ1n) is 8.77. The van der Waals surface area contributed by atoms with Crippen LogP contribution in [-0.4, -0.2) is 67.1 Å². The van der Waals surface area contributed by atoms with Gasteiger partial charge in [-0.1, -0.05) is 13.8 Å². The van der Waals surface area contributed by atoms with Crippen LogP contribution in [0.15, 0.2) is 18.3 Å². The van der Waals surface area contributed by atoms with E-state index in [9.17, 15) is 0 Å². The van der Waals surface area contributed by atoms with E-state index in [1.54, 1.807) is 0 Å². The highest BCUT2D eigenvalue weighted by Gasteiger charge is 2.26. The standard InChI is InChI=1S/C18H30N4/c1-15(2)18-5-4-17(14-19-18)22-12-10-21(11-13-22)16-6-8-20(3)9-7-16/h4-5,14-16H,6-13H2,1-3H3. The molecule has 0 unspecified atom stereocenters. The van der Waals surface area contributed by atoms with Crippen molar-refractivity contribution < 1.29 is 0 Å². The van der Waals surface area contributed by atoms with Crippen molar-refractivity contribution in [3.05, 3.63) is 24.0 Å². The Morgan fingerprint density at radius 2 is 1.68 bits per heavy atom. The second-order valence-electron chi connectivity index (χ2n) is 7.15. The molecule has 2 saturated heterocycles. The zero-order chi connectivity index (χ0) is 15.5. The zero-order valence-electron chi connectivity index (χ0n) is 14.3. The minimum absolute atomic E-state index is 0.510. The molecule has 1 aromatic heterocycles. The molecule has 0 aliphatic carbocycles. The van der Waals surface area contributed by atoms with Gasteiger partial charge < -0.3 is 9.80 Å². The molecule has 122 valence electrons. The fourth-order valence-electron chi connectivity index (χ4n) is 3.63. The second kappa shape index (κ2) is 6.97. The summed E-state index contributed by atoms with van der Waals surface area (Å²) in [5.41, 5.74) is 2.47. The van der Waals surface area contributed by atoms with Gasteiger partial charge in [0.15, 0.2) is 0 Å². The van der Waals surface area contributed by atoms with Gasteiger partial charge in [0.25, 0.3) is 0 Å². The highest BCUT2D eigenvalue weighted by atomic mass is 15.3. The van der Waals surface area contributed by atoms with E-state index in [0.717, 1.165) is 19.1 Å². The van der Waals surface area contributed by atoms with Gasteiger partial charge in [0, 0.05) is 37.9 Å². The zero-order valence-corrected chi connectivity index (χ0v) is 14.3. The van der Waals surface area contributed by atoms with Gasteiger partial charge in [0.1, 0.15) is 0 Å². The van der Waals surface area contributed by atoms with Gasteiger partial charge in [0.2, 0.25) is 0 Å². The molecule has 0 bridgehead atoms. The Morgan fingerprint density at radius 3 is 2.23 bits per heavy atom. The predicted octanol–water partition coefficient (Wildman–Crippen LogP) is 2.42. The predicted molar refractivity (Wildman–Crippen MR) is 92.6 cm³/mol. The molecule has 3 heterocycles. The van der Waals surface area contributed by atoms with Crippen molar-refractivity contribution in [2.75, 3.05) is 51.2 Å². The smallest absolute Gasteiger partial charge is 0.0553 e. The SMILES string of the molecule is CC(C)c1ccc(N2CCN(C3CCN(C)CC3)CC2)cn1. The molecule has 3 rings (SSSR count). The Bertz CT molecular complexity index is 454. The van der Waals surface area contributed by atoms with Gasteiger partial charge in [-0.3, -0.25) is 9.88 Å². The third kappa shape index (κ3) is 3.61. The lowest BCUT2D eigenvalue weighted by Crippen LogP contribution is -2.53. The lowest BCUT2D eigenvalue weighted by Gasteiger charge is -2.42. The van der Waals surface area contributed by atoms with Crippen LogP contribution in [0.25, 0.3) is 0 Å². The van der Waals surface area contributed by atoms with Crippen molar-refractivity contribution in [2.24, 2.45) is 0 Å². The molecular formula is C18H30N4. The summed E-state index contributed by atoms with van der Waals surface area (Å²) in [5, 5.41) is 0. The maximum atomic E-state index is 4.61. The molecule has 2 aliphatic rings. The maximum absolute atomic E-state index is 4.61. The van der Waals surface area contributed by atoms with Crippen LogP contribution in [0.4, 0.5) is 5.69 Å². The molecule has 0 amide bonds. The Hall–Kier alpha value is -1.13. The van der Waals surface area contributed by atoms with Crippen molar-refractivity contribution in [3.63, 3.8) is 0 Å². The van der Waals surface area contributed by atoms with Crippen LogP contribution in [0.3, 0.4) is 0 Å². The van der Waals surface area contributed by atoms with Crippen LogP contribution in [0.1, 0.15) is 38.3 Å². The third-order valence-electron chi connectivity index (χ3n) is 5.25. The van der Waals surface area contributed by atoms with E-state index >= 15 is 0 Å². The average molecular weight is 302 g/mol. The third-order valence-corrected chi connectivity index (χ3v) is 5.25. The van der Waals surface area contributed by atoms with Crippen LogP contribution >= 0.6 is 0 Å². The first kappa shape index (κ1) is 15.8. The van der Waals surface area contributed by atoms with E-state index in [4.69, 9.17) is 0 Å². The Kier molecular flexibility index (Phi) is 4.99. The van der Waals surface area contributed by atoms with Crippen LogP contribution in [0.2, 0.25) is 0 Å². The highest BCUT2D eigenvalue weighted by molar-refractivity contribution is 5.45. The van der Waals surface area contributed by atoms with Crippen LogP contribution < -0.4 is 4.90 Å². The number of piperidine rings is 1. The van der Waals surface area contributed by atoms with Gasteiger partial charge >= 0.3 is 0 Å². The molecule has 4 heteroatoms. The number of hydrogen-bond donors (Lipinski definition) is 0. The van der Waals surface area contributed by atoms with E-state index in [1.165, 1.54) is 50.4 Å². The van der Waals surface area contributed by atoms with Crippen LogP contribution in [0, 0.1) is 0 Å². The fraction of sp³-hybridized carbons (Fsp3) is 0.722. The highest BCUT2D eigenvalue weighted by Crippen LogP contribution is 2.21. The van der Waals surface area contributed by atoms with Crippen LogP contribution in [-0.2, 0) is 0 Å². The number of nitrogens with zero attached hydrogens (tertiary/aromatic N) is 4. The monoisotopic (exact) mass is 302 g/mol. The maximum Gasteiger partial charge on any atom is 0.0553 e. The quantitative estimate of drug-likeness (QED) is 0.855. The fourth-order valence-corrected chi connectivity index (χ4v) is 3.63. The molecule has 0 N–H and O–H groups in total. The number of hydrogen-bond acceptors (Lipinski definition) is 4. The number of anilines is 1. The normalized spacial score (nSPS) is 22.5.